The number of carbonyl (C=O) groups excluding carboxylic acids is 4. The van der Waals surface area contributed by atoms with Crippen LogP contribution in [-0.4, -0.2) is 205 Å². The quantitative estimate of drug-likeness (QED) is 0.00889. The first-order valence-electron chi connectivity index (χ1n) is 46.9. The van der Waals surface area contributed by atoms with Gasteiger partial charge < -0.3 is 88.7 Å². The van der Waals surface area contributed by atoms with E-state index in [0.29, 0.717) is 38.5 Å². The summed E-state index contributed by atoms with van der Waals surface area (Å²) in [6.45, 7) is 5.59. The van der Waals surface area contributed by atoms with E-state index in [9.17, 15) is 74.6 Å². The van der Waals surface area contributed by atoms with Crippen molar-refractivity contribution in [2.75, 3.05) is 26.4 Å². The van der Waals surface area contributed by atoms with Crippen LogP contribution in [0.1, 0.15) is 407 Å². The number of aliphatic hydroxyl groups is 9. The third-order valence-electron chi connectivity index (χ3n) is 23.0. The van der Waals surface area contributed by atoms with Gasteiger partial charge in [0.2, 0.25) is 0 Å². The van der Waals surface area contributed by atoms with Crippen molar-refractivity contribution in [2.24, 2.45) is 0 Å². The highest BCUT2D eigenvalue weighted by atomic mass is 31.2. The van der Waals surface area contributed by atoms with E-state index in [4.69, 9.17) is 46.9 Å². The summed E-state index contributed by atoms with van der Waals surface area (Å²) in [6.07, 6.45) is 27.8. The van der Waals surface area contributed by atoms with Gasteiger partial charge in [-0.15, -0.1) is 0 Å². The Kier molecular flexibility index (Phi) is 64.4. The van der Waals surface area contributed by atoms with Crippen molar-refractivity contribution in [2.45, 2.75) is 511 Å². The van der Waals surface area contributed by atoms with E-state index in [1.807, 2.05) is 0 Å². The number of hydrogen-bond acceptors (Lipinski definition) is 24. The first kappa shape index (κ1) is 107. The Morgan fingerprint density at radius 3 is 1.03 bits per heavy atom. The van der Waals surface area contributed by atoms with Crippen LogP contribution in [0.3, 0.4) is 0 Å². The Morgan fingerprint density at radius 1 is 0.336 bits per heavy atom. The minimum Gasteiger partial charge on any atom is -0.463 e. The molecule has 18 unspecified atom stereocenters. The minimum atomic E-state index is -5.81. The molecule has 0 amide bonds. The van der Waals surface area contributed by atoms with Crippen LogP contribution in [-0.2, 0) is 70.7 Å². The normalized spacial score (nSPS) is 25.2. The number of phosphoric ester groups is 1. The number of esters is 4. The van der Waals surface area contributed by atoms with Crippen LogP contribution < -0.4 is 0 Å². The summed E-state index contributed by atoms with van der Waals surface area (Å²) in [5.41, 5.74) is 0. The lowest BCUT2D eigenvalue weighted by Crippen LogP contribution is -2.70. The summed E-state index contributed by atoms with van der Waals surface area (Å²) in [4.78, 5) is 66.4. The highest BCUT2D eigenvalue weighted by Gasteiger charge is 2.60. The van der Waals surface area contributed by atoms with E-state index in [1.165, 1.54) is 193 Å². The average molecular weight is 1680 g/mol. The van der Waals surface area contributed by atoms with Crippen molar-refractivity contribution in [3.8, 4) is 0 Å². The molecular weight excluding hydrogens is 1510 g/mol. The van der Waals surface area contributed by atoms with Gasteiger partial charge in [-0.3, -0.25) is 28.2 Å². The molecule has 116 heavy (non-hydrogen) atoms. The predicted octanol–water partition coefficient (Wildman–Crippen LogP) is 17.2. The molecule has 3 fully saturated rings. The van der Waals surface area contributed by atoms with Crippen LogP contribution in [0.15, 0.2) is 12.2 Å². The van der Waals surface area contributed by atoms with E-state index in [2.05, 4.69) is 39.8 Å². The third kappa shape index (κ3) is 49.5. The Labute approximate surface area is 699 Å². The number of unbranched alkanes of at least 4 members (excludes halogenated alkanes) is 50. The van der Waals surface area contributed by atoms with Crippen molar-refractivity contribution in [1.29, 1.82) is 0 Å². The van der Waals surface area contributed by atoms with Gasteiger partial charge in [-0.2, -0.15) is 0 Å². The standard InChI is InChI=1S/C90H167O25P/c1-5-9-13-17-21-25-29-33-35-37-40-43-46-50-54-58-62-73(92)106-67-70(109-75(94)64-60-56-52-48-44-39-32-28-24-20-16-12-8-4)68-108-116(104,105)115-88-86(113-89-83(102)79(98)77(96)71(66-91)110-89)82(101)81(100)85(112-76(95)65-61-57-53-49-45-41-36-34-30-26-22-18-14-10-6-2)87(88)114-90-84(103)80(99)78(97)72(111-90)69-107-74(93)63-59-55-51-47-42-38-31-27-23-19-15-11-7-3/h39,44,70-72,77-91,96-103H,5-38,40-43,45-69H2,1-4H3,(H,104,105)/b44-39-. The molecule has 0 bridgehead atoms. The van der Waals surface area contributed by atoms with Crippen LogP contribution >= 0.6 is 7.82 Å². The zero-order valence-corrected chi connectivity index (χ0v) is 73.5. The van der Waals surface area contributed by atoms with Crippen molar-refractivity contribution >= 4 is 31.7 Å². The number of carbonyl (C=O) groups is 4. The van der Waals surface area contributed by atoms with Crippen LogP contribution in [0, 0.1) is 0 Å². The smallest absolute Gasteiger partial charge is 0.463 e. The Bertz CT molecular complexity index is 2460. The van der Waals surface area contributed by atoms with Gasteiger partial charge in [-0.05, 0) is 51.4 Å². The second-order valence-electron chi connectivity index (χ2n) is 33.5. The summed E-state index contributed by atoms with van der Waals surface area (Å²) < 4.78 is 73.4. The molecule has 3 aliphatic rings. The third-order valence-corrected chi connectivity index (χ3v) is 24.0. The van der Waals surface area contributed by atoms with Crippen molar-refractivity contribution in [3.63, 3.8) is 0 Å². The molecule has 0 aromatic carbocycles. The van der Waals surface area contributed by atoms with E-state index in [1.54, 1.807) is 0 Å². The van der Waals surface area contributed by atoms with Crippen LogP contribution in [0.4, 0.5) is 0 Å². The Balaban J connectivity index is 1.92. The van der Waals surface area contributed by atoms with Gasteiger partial charge in [0.15, 0.2) is 24.8 Å². The van der Waals surface area contributed by atoms with Crippen LogP contribution in [0.2, 0.25) is 0 Å². The number of hydrogen-bond donors (Lipinski definition) is 10. The lowest BCUT2D eigenvalue weighted by Gasteiger charge is -2.50. The van der Waals surface area contributed by atoms with E-state index in [-0.39, 0.29) is 25.7 Å². The molecular formula is C90H167O25P. The molecule has 26 heteroatoms. The topological polar surface area (TPSA) is 380 Å². The van der Waals surface area contributed by atoms with E-state index >= 15 is 0 Å². The van der Waals surface area contributed by atoms with Gasteiger partial charge in [-0.1, -0.05) is 342 Å². The zero-order valence-electron chi connectivity index (χ0n) is 72.6. The lowest BCUT2D eigenvalue weighted by atomic mass is 9.84. The molecule has 1 aliphatic carbocycles. The van der Waals surface area contributed by atoms with Crippen molar-refractivity contribution in [1.82, 2.24) is 0 Å². The molecule has 0 spiro atoms. The second kappa shape index (κ2) is 69.6. The molecule has 682 valence electrons. The summed E-state index contributed by atoms with van der Waals surface area (Å²) in [5.74, 6) is -2.97. The van der Waals surface area contributed by atoms with Gasteiger partial charge in [0, 0.05) is 25.7 Å². The maximum atomic E-state index is 14.9. The Hall–Kier alpha value is -2.79. The van der Waals surface area contributed by atoms with Crippen LogP contribution in [0.5, 0.6) is 0 Å². The zero-order chi connectivity index (χ0) is 84.7. The fourth-order valence-corrected chi connectivity index (χ4v) is 16.5. The highest BCUT2D eigenvalue weighted by Crippen LogP contribution is 2.49. The van der Waals surface area contributed by atoms with Crippen molar-refractivity contribution in [3.05, 3.63) is 12.2 Å². The van der Waals surface area contributed by atoms with Gasteiger partial charge in [0.1, 0.15) is 92.6 Å². The molecule has 2 heterocycles. The van der Waals surface area contributed by atoms with Crippen molar-refractivity contribution < 1.29 is 122 Å². The molecule has 3 rings (SSSR count). The lowest BCUT2D eigenvalue weighted by molar-refractivity contribution is -0.360. The largest absolute Gasteiger partial charge is 0.472 e. The van der Waals surface area contributed by atoms with Gasteiger partial charge >= 0.3 is 31.7 Å². The molecule has 18 atom stereocenters. The van der Waals surface area contributed by atoms with E-state index < -0.39 is 162 Å². The van der Waals surface area contributed by atoms with Gasteiger partial charge in [0.25, 0.3) is 0 Å². The predicted molar refractivity (Wildman–Crippen MR) is 449 cm³/mol. The fraction of sp³-hybridized carbons (Fsp3) is 0.933. The minimum absolute atomic E-state index is 0.0180. The number of phosphoric acid groups is 1. The molecule has 10 N–H and O–H groups in total. The maximum absolute atomic E-state index is 14.9. The monoisotopic (exact) mass is 1680 g/mol. The highest BCUT2D eigenvalue weighted by molar-refractivity contribution is 7.47. The SMILES string of the molecule is CCCCCCCC/C=C\CCCCCC(=O)OC(COC(=O)CCCCCCCCCCCCCCCCCC)COP(=O)(O)OC1C(OC2OC(CO)C(O)C(O)C2O)C(O)C(O)C(OC(=O)CCCCCCCCCCCCCCCCC)C1OC1OC(COC(=O)CCCCCCCCCCCCCCC)C(O)C(O)C1O. The first-order valence-corrected chi connectivity index (χ1v) is 48.4. The van der Waals surface area contributed by atoms with Gasteiger partial charge in [0.05, 0.1) is 13.2 Å². The maximum Gasteiger partial charge on any atom is 0.472 e. The number of aliphatic hydroxyl groups excluding tert-OH is 9. The summed E-state index contributed by atoms with van der Waals surface area (Å²) in [6, 6.07) is 0. The summed E-state index contributed by atoms with van der Waals surface area (Å²) in [7, 11) is -5.81. The number of rotatable bonds is 76. The van der Waals surface area contributed by atoms with Gasteiger partial charge in [-0.25, -0.2) is 4.57 Å². The first-order chi connectivity index (χ1) is 56.2. The second-order valence-corrected chi connectivity index (χ2v) is 34.9. The summed E-state index contributed by atoms with van der Waals surface area (Å²) >= 11 is 0. The molecule has 2 saturated heterocycles. The Morgan fingerprint density at radius 2 is 0.647 bits per heavy atom. The van der Waals surface area contributed by atoms with E-state index in [0.717, 1.165) is 122 Å². The molecule has 2 aliphatic heterocycles. The van der Waals surface area contributed by atoms with Crippen LogP contribution in [0.25, 0.3) is 0 Å². The molecule has 1 saturated carbocycles. The molecule has 0 radical (unpaired) electrons. The molecule has 25 nitrogen and oxygen atoms in total. The molecule has 0 aromatic rings. The number of allylic oxidation sites excluding steroid dienone is 2. The number of ether oxygens (including phenoxy) is 8. The average Bonchev–Trinajstić information content (AvgIpc) is 0.753. The molecule has 0 aromatic heterocycles. The fourth-order valence-electron chi connectivity index (χ4n) is 15.5. The summed E-state index contributed by atoms with van der Waals surface area (Å²) in [5, 5.41) is 102.